The summed E-state index contributed by atoms with van der Waals surface area (Å²) in [5, 5.41) is 12.2. The van der Waals surface area contributed by atoms with Gasteiger partial charge < -0.3 is 10.4 Å². The van der Waals surface area contributed by atoms with E-state index >= 15 is 0 Å². The number of aliphatic hydroxyl groups excluding tert-OH is 1. The summed E-state index contributed by atoms with van der Waals surface area (Å²) in [6.07, 6.45) is 1.68. The Kier molecular flexibility index (Phi) is 3.83. The second-order valence-corrected chi connectivity index (χ2v) is 3.50. The number of halogens is 1. The van der Waals surface area contributed by atoms with Crippen LogP contribution in [0.2, 0.25) is 0 Å². The molecule has 0 saturated heterocycles. The molecule has 1 aromatic rings. The quantitative estimate of drug-likeness (QED) is 0.725. The van der Waals surface area contributed by atoms with Crippen molar-refractivity contribution in [3.8, 4) is 0 Å². The van der Waals surface area contributed by atoms with E-state index in [9.17, 15) is 4.39 Å². The minimum Gasteiger partial charge on any atom is -0.393 e. The number of nitrogens with zero attached hydrogens (tertiary/aromatic N) is 1. The highest BCUT2D eigenvalue weighted by atomic mass is 19.1. The standard InChI is InChI=1S/C10H15FN2O/c1-7(5-8(2)14)13-9-3-4-12-10(11)6-9/h3-4,6-8,14H,5H2,1-2H3,(H,12,13). The minimum absolute atomic E-state index is 0.108. The highest BCUT2D eigenvalue weighted by molar-refractivity contribution is 5.41. The fourth-order valence-electron chi connectivity index (χ4n) is 1.35. The average Bonchev–Trinajstić information content (AvgIpc) is 2.01. The summed E-state index contributed by atoms with van der Waals surface area (Å²) in [5.41, 5.74) is 0.686. The molecule has 0 fully saturated rings. The summed E-state index contributed by atoms with van der Waals surface area (Å²) in [7, 11) is 0. The molecule has 1 heterocycles. The van der Waals surface area contributed by atoms with E-state index in [0.717, 1.165) is 0 Å². The van der Waals surface area contributed by atoms with Gasteiger partial charge in [-0.1, -0.05) is 0 Å². The van der Waals surface area contributed by atoms with Crippen LogP contribution in [0.3, 0.4) is 0 Å². The van der Waals surface area contributed by atoms with Gasteiger partial charge in [-0.25, -0.2) is 4.98 Å². The van der Waals surface area contributed by atoms with Gasteiger partial charge in [0.1, 0.15) is 0 Å². The first kappa shape index (κ1) is 10.9. The Morgan fingerprint density at radius 3 is 2.86 bits per heavy atom. The van der Waals surface area contributed by atoms with E-state index in [1.807, 2.05) is 6.92 Å². The molecule has 4 heteroatoms. The van der Waals surface area contributed by atoms with Crippen molar-refractivity contribution in [3.05, 3.63) is 24.3 Å². The summed E-state index contributed by atoms with van der Waals surface area (Å²) in [6.45, 7) is 3.66. The smallest absolute Gasteiger partial charge is 0.214 e. The zero-order valence-corrected chi connectivity index (χ0v) is 8.37. The summed E-state index contributed by atoms with van der Waals surface area (Å²) in [5.74, 6) is -0.501. The van der Waals surface area contributed by atoms with Gasteiger partial charge in [-0.05, 0) is 26.3 Å². The SMILES string of the molecule is CC(O)CC(C)Nc1ccnc(F)c1. The number of nitrogens with one attached hydrogen (secondary N) is 1. The number of aromatic nitrogens is 1. The van der Waals surface area contributed by atoms with E-state index in [2.05, 4.69) is 10.3 Å². The van der Waals surface area contributed by atoms with Crippen LogP contribution in [0.15, 0.2) is 18.3 Å². The molecule has 1 rings (SSSR count). The van der Waals surface area contributed by atoms with Crippen LogP contribution >= 0.6 is 0 Å². The molecule has 0 spiro atoms. The van der Waals surface area contributed by atoms with Gasteiger partial charge in [-0.3, -0.25) is 0 Å². The Hall–Kier alpha value is -1.16. The van der Waals surface area contributed by atoms with Gasteiger partial charge >= 0.3 is 0 Å². The zero-order chi connectivity index (χ0) is 10.6. The predicted octanol–water partition coefficient (Wildman–Crippen LogP) is 1.79. The highest BCUT2D eigenvalue weighted by Gasteiger charge is 2.06. The van der Waals surface area contributed by atoms with Crippen LogP contribution in [0.1, 0.15) is 20.3 Å². The van der Waals surface area contributed by atoms with Crippen molar-refractivity contribution in [2.75, 3.05) is 5.32 Å². The number of aliphatic hydroxyl groups is 1. The first-order chi connectivity index (χ1) is 6.58. The predicted molar refractivity (Wildman–Crippen MR) is 53.6 cm³/mol. The monoisotopic (exact) mass is 198 g/mol. The number of hydrogen-bond donors (Lipinski definition) is 2. The first-order valence-electron chi connectivity index (χ1n) is 4.64. The van der Waals surface area contributed by atoms with Gasteiger partial charge in [-0.2, -0.15) is 4.39 Å². The molecule has 0 aliphatic heterocycles. The third-order valence-corrected chi connectivity index (χ3v) is 1.83. The summed E-state index contributed by atoms with van der Waals surface area (Å²) >= 11 is 0. The van der Waals surface area contributed by atoms with Crippen molar-refractivity contribution in [2.45, 2.75) is 32.4 Å². The molecule has 2 atom stereocenters. The van der Waals surface area contributed by atoms with Crippen LogP contribution in [0.5, 0.6) is 0 Å². The van der Waals surface area contributed by atoms with Crippen molar-refractivity contribution in [1.82, 2.24) is 4.98 Å². The van der Waals surface area contributed by atoms with Gasteiger partial charge in [0.2, 0.25) is 5.95 Å². The summed E-state index contributed by atoms with van der Waals surface area (Å²) in [4.78, 5) is 3.45. The van der Waals surface area contributed by atoms with Crippen LogP contribution in [0, 0.1) is 5.95 Å². The Labute approximate surface area is 83.0 Å². The van der Waals surface area contributed by atoms with Gasteiger partial charge in [0.05, 0.1) is 6.10 Å². The van der Waals surface area contributed by atoms with E-state index < -0.39 is 5.95 Å². The molecule has 14 heavy (non-hydrogen) atoms. The molecule has 2 N–H and O–H groups in total. The first-order valence-corrected chi connectivity index (χ1v) is 4.64. The second kappa shape index (κ2) is 4.91. The van der Waals surface area contributed by atoms with Crippen LogP contribution < -0.4 is 5.32 Å². The Balaban J connectivity index is 2.51. The molecule has 0 aliphatic carbocycles. The van der Waals surface area contributed by atoms with Gasteiger partial charge in [0.25, 0.3) is 0 Å². The fourth-order valence-corrected chi connectivity index (χ4v) is 1.35. The van der Waals surface area contributed by atoms with Crippen LogP contribution in [-0.4, -0.2) is 22.2 Å². The van der Waals surface area contributed by atoms with E-state index in [1.165, 1.54) is 12.3 Å². The van der Waals surface area contributed by atoms with E-state index in [1.54, 1.807) is 13.0 Å². The molecule has 3 nitrogen and oxygen atoms in total. The maximum Gasteiger partial charge on any atom is 0.214 e. The lowest BCUT2D eigenvalue weighted by Gasteiger charge is -2.16. The van der Waals surface area contributed by atoms with Gasteiger partial charge in [0.15, 0.2) is 0 Å². The molecular formula is C10H15FN2O. The molecule has 0 radical (unpaired) electrons. The molecule has 1 aromatic heterocycles. The normalized spacial score (nSPS) is 14.9. The van der Waals surface area contributed by atoms with Crippen molar-refractivity contribution < 1.29 is 9.50 Å². The largest absolute Gasteiger partial charge is 0.393 e. The topological polar surface area (TPSA) is 45.1 Å². The maximum atomic E-state index is 12.7. The van der Waals surface area contributed by atoms with Gasteiger partial charge in [-0.15, -0.1) is 0 Å². The lowest BCUT2D eigenvalue weighted by Crippen LogP contribution is -2.20. The van der Waals surface area contributed by atoms with Crippen molar-refractivity contribution in [2.24, 2.45) is 0 Å². The molecular weight excluding hydrogens is 183 g/mol. The molecule has 0 bridgehead atoms. The van der Waals surface area contributed by atoms with Crippen LogP contribution in [-0.2, 0) is 0 Å². The van der Waals surface area contributed by atoms with Crippen molar-refractivity contribution in [1.29, 1.82) is 0 Å². The van der Waals surface area contributed by atoms with E-state index in [4.69, 9.17) is 5.11 Å². The van der Waals surface area contributed by atoms with Crippen molar-refractivity contribution >= 4 is 5.69 Å². The zero-order valence-electron chi connectivity index (χ0n) is 8.37. The molecule has 0 amide bonds. The lowest BCUT2D eigenvalue weighted by atomic mass is 10.1. The number of anilines is 1. The Morgan fingerprint density at radius 2 is 2.29 bits per heavy atom. The second-order valence-electron chi connectivity index (χ2n) is 3.50. The van der Waals surface area contributed by atoms with Crippen LogP contribution in [0.25, 0.3) is 0 Å². The highest BCUT2D eigenvalue weighted by Crippen LogP contribution is 2.10. The number of hydrogen-bond acceptors (Lipinski definition) is 3. The minimum atomic E-state index is -0.501. The third kappa shape index (κ3) is 3.70. The molecule has 0 saturated carbocycles. The van der Waals surface area contributed by atoms with Gasteiger partial charge in [0, 0.05) is 24.0 Å². The van der Waals surface area contributed by atoms with Crippen molar-refractivity contribution in [3.63, 3.8) is 0 Å². The average molecular weight is 198 g/mol. The number of rotatable bonds is 4. The molecule has 2 unspecified atom stereocenters. The summed E-state index contributed by atoms with van der Waals surface area (Å²) < 4.78 is 12.7. The van der Waals surface area contributed by atoms with Crippen LogP contribution in [0.4, 0.5) is 10.1 Å². The Bertz CT molecular complexity index is 291. The Morgan fingerprint density at radius 1 is 1.57 bits per heavy atom. The lowest BCUT2D eigenvalue weighted by molar-refractivity contribution is 0.179. The third-order valence-electron chi connectivity index (χ3n) is 1.83. The number of pyridine rings is 1. The molecule has 78 valence electrons. The maximum absolute atomic E-state index is 12.7. The summed E-state index contributed by atoms with van der Waals surface area (Å²) in [6, 6.07) is 3.14. The van der Waals surface area contributed by atoms with E-state index in [0.29, 0.717) is 12.1 Å². The molecule has 0 aromatic carbocycles. The fraction of sp³-hybridized carbons (Fsp3) is 0.500. The molecule has 0 aliphatic rings. The van der Waals surface area contributed by atoms with E-state index in [-0.39, 0.29) is 12.1 Å².